The number of nitrogens with zero attached hydrogens (tertiary/aromatic N) is 1. The van der Waals surface area contributed by atoms with E-state index in [-0.39, 0.29) is 6.10 Å². The molecule has 0 aromatic carbocycles. The van der Waals surface area contributed by atoms with Gasteiger partial charge < -0.3 is 10.4 Å². The molecule has 0 bridgehead atoms. The first kappa shape index (κ1) is 11.4. The standard InChI is InChI=1S/C12H24N2O/c1-3-12(2)4-6-14(7-5-12)10-8-13-9-11(10)15/h10-11,13,15H,3-9H2,1-2H3/t10-,11-/m1/s1. The van der Waals surface area contributed by atoms with Crippen LogP contribution in [-0.4, -0.2) is 48.3 Å². The van der Waals surface area contributed by atoms with Gasteiger partial charge in [-0.15, -0.1) is 0 Å². The van der Waals surface area contributed by atoms with Crippen LogP contribution in [0, 0.1) is 5.41 Å². The molecule has 0 amide bonds. The second-order valence-corrected chi connectivity index (χ2v) is 5.49. The molecule has 2 aliphatic heterocycles. The highest BCUT2D eigenvalue weighted by atomic mass is 16.3. The van der Waals surface area contributed by atoms with E-state index in [4.69, 9.17) is 0 Å². The summed E-state index contributed by atoms with van der Waals surface area (Å²) >= 11 is 0. The van der Waals surface area contributed by atoms with Gasteiger partial charge in [0.05, 0.1) is 6.10 Å². The minimum Gasteiger partial charge on any atom is -0.390 e. The molecule has 0 aromatic heterocycles. The topological polar surface area (TPSA) is 35.5 Å². The second-order valence-electron chi connectivity index (χ2n) is 5.49. The molecule has 2 heterocycles. The minimum absolute atomic E-state index is 0.156. The van der Waals surface area contributed by atoms with Crippen molar-refractivity contribution in [2.75, 3.05) is 26.2 Å². The maximum atomic E-state index is 9.82. The molecule has 3 heteroatoms. The molecular weight excluding hydrogens is 188 g/mol. The largest absolute Gasteiger partial charge is 0.390 e. The Labute approximate surface area is 92.8 Å². The number of aliphatic hydroxyl groups excluding tert-OH is 1. The van der Waals surface area contributed by atoms with Crippen LogP contribution in [0.15, 0.2) is 0 Å². The molecule has 88 valence electrons. The van der Waals surface area contributed by atoms with Crippen molar-refractivity contribution < 1.29 is 5.11 Å². The summed E-state index contributed by atoms with van der Waals surface area (Å²) in [5.74, 6) is 0. The molecule has 2 rings (SSSR count). The summed E-state index contributed by atoms with van der Waals surface area (Å²) in [5.41, 5.74) is 0.549. The molecule has 2 atom stereocenters. The summed E-state index contributed by atoms with van der Waals surface area (Å²) in [7, 11) is 0. The lowest BCUT2D eigenvalue weighted by Gasteiger charge is -2.42. The van der Waals surface area contributed by atoms with Crippen LogP contribution < -0.4 is 5.32 Å². The fourth-order valence-electron chi connectivity index (χ4n) is 2.77. The molecule has 3 nitrogen and oxygen atoms in total. The minimum atomic E-state index is -0.156. The number of hydrogen-bond donors (Lipinski definition) is 2. The van der Waals surface area contributed by atoms with E-state index in [1.807, 2.05) is 0 Å². The fourth-order valence-corrected chi connectivity index (χ4v) is 2.77. The molecule has 0 aliphatic carbocycles. The number of hydrogen-bond acceptors (Lipinski definition) is 3. The van der Waals surface area contributed by atoms with E-state index in [1.54, 1.807) is 0 Å². The lowest BCUT2D eigenvalue weighted by molar-refractivity contribution is 0.0353. The smallest absolute Gasteiger partial charge is 0.0831 e. The summed E-state index contributed by atoms with van der Waals surface area (Å²) in [6.07, 6.45) is 3.70. The van der Waals surface area contributed by atoms with Gasteiger partial charge in [-0.3, -0.25) is 4.90 Å². The van der Waals surface area contributed by atoms with E-state index in [2.05, 4.69) is 24.1 Å². The van der Waals surface area contributed by atoms with Crippen molar-refractivity contribution in [3.8, 4) is 0 Å². The summed E-state index contributed by atoms with van der Waals surface area (Å²) in [5, 5.41) is 13.1. The number of rotatable bonds is 2. The third kappa shape index (κ3) is 2.35. The third-order valence-corrected chi connectivity index (χ3v) is 4.48. The molecule has 2 saturated heterocycles. The van der Waals surface area contributed by atoms with Crippen molar-refractivity contribution in [2.24, 2.45) is 5.41 Å². The number of nitrogens with one attached hydrogen (secondary N) is 1. The number of β-amino-alcohol motifs (C(OH)–C–C–N with tert-alkyl or cyclic N) is 1. The Morgan fingerprint density at radius 3 is 2.47 bits per heavy atom. The SMILES string of the molecule is CCC1(C)CCN([C@@H]2CNC[C@H]2O)CC1. The Kier molecular flexibility index (Phi) is 3.33. The van der Waals surface area contributed by atoms with Gasteiger partial charge in [-0.05, 0) is 31.3 Å². The second kappa shape index (κ2) is 4.40. The van der Waals surface area contributed by atoms with Crippen LogP contribution in [0.25, 0.3) is 0 Å². The molecule has 0 unspecified atom stereocenters. The van der Waals surface area contributed by atoms with Crippen LogP contribution in [0.5, 0.6) is 0 Å². The number of piperidine rings is 1. The highest BCUT2D eigenvalue weighted by Crippen LogP contribution is 2.34. The van der Waals surface area contributed by atoms with Gasteiger partial charge in [0.15, 0.2) is 0 Å². The molecule has 0 saturated carbocycles. The van der Waals surface area contributed by atoms with Crippen molar-refractivity contribution in [1.82, 2.24) is 10.2 Å². The first-order chi connectivity index (χ1) is 7.14. The maximum absolute atomic E-state index is 9.82. The van der Waals surface area contributed by atoms with Crippen LogP contribution in [0.1, 0.15) is 33.1 Å². The fraction of sp³-hybridized carbons (Fsp3) is 1.00. The Balaban J connectivity index is 1.88. The Hall–Kier alpha value is -0.120. The Morgan fingerprint density at radius 1 is 1.33 bits per heavy atom. The zero-order valence-corrected chi connectivity index (χ0v) is 10.00. The van der Waals surface area contributed by atoms with Crippen LogP contribution in [0.2, 0.25) is 0 Å². The normalized spacial score (nSPS) is 37.0. The van der Waals surface area contributed by atoms with E-state index in [0.717, 1.165) is 26.2 Å². The lowest BCUT2D eigenvalue weighted by atomic mass is 9.78. The van der Waals surface area contributed by atoms with Gasteiger partial charge in [-0.2, -0.15) is 0 Å². The first-order valence-corrected chi connectivity index (χ1v) is 6.27. The van der Waals surface area contributed by atoms with Gasteiger partial charge in [-0.1, -0.05) is 20.3 Å². The summed E-state index contributed by atoms with van der Waals surface area (Å²) < 4.78 is 0. The summed E-state index contributed by atoms with van der Waals surface area (Å²) in [6.45, 7) is 8.74. The van der Waals surface area contributed by atoms with Gasteiger partial charge in [-0.25, -0.2) is 0 Å². The van der Waals surface area contributed by atoms with Crippen LogP contribution >= 0.6 is 0 Å². The number of aliphatic hydroxyl groups is 1. The van der Waals surface area contributed by atoms with E-state index < -0.39 is 0 Å². The van der Waals surface area contributed by atoms with E-state index >= 15 is 0 Å². The van der Waals surface area contributed by atoms with Crippen molar-refractivity contribution >= 4 is 0 Å². The molecule has 2 aliphatic rings. The lowest BCUT2D eigenvalue weighted by Crippen LogP contribution is -2.49. The van der Waals surface area contributed by atoms with Crippen LogP contribution in [0.4, 0.5) is 0 Å². The third-order valence-electron chi connectivity index (χ3n) is 4.48. The molecular formula is C12H24N2O. The number of likely N-dealkylation sites (tertiary alicyclic amines) is 1. The van der Waals surface area contributed by atoms with Gasteiger partial charge in [0, 0.05) is 19.1 Å². The molecule has 15 heavy (non-hydrogen) atoms. The van der Waals surface area contributed by atoms with Gasteiger partial charge in [0.25, 0.3) is 0 Å². The van der Waals surface area contributed by atoms with Crippen molar-refractivity contribution in [2.45, 2.75) is 45.3 Å². The van der Waals surface area contributed by atoms with Crippen molar-refractivity contribution in [3.05, 3.63) is 0 Å². The average Bonchev–Trinajstić information content (AvgIpc) is 2.66. The van der Waals surface area contributed by atoms with Gasteiger partial charge in [0.1, 0.15) is 0 Å². The predicted octanol–water partition coefficient (Wildman–Crippen LogP) is 0.831. The summed E-state index contributed by atoms with van der Waals surface area (Å²) in [6, 6.07) is 0.367. The van der Waals surface area contributed by atoms with E-state index in [9.17, 15) is 5.11 Å². The zero-order valence-electron chi connectivity index (χ0n) is 10.00. The van der Waals surface area contributed by atoms with Crippen LogP contribution in [-0.2, 0) is 0 Å². The van der Waals surface area contributed by atoms with E-state index in [1.165, 1.54) is 19.3 Å². The molecule has 0 aromatic rings. The molecule has 2 N–H and O–H groups in total. The Bertz CT molecular complexity index is 212. The average molecular weight is 212 g/mol. The quantitative estimate of drug-likeness (QED) is 0.712. The van der Waals surface area contributed by atoms with Crippen molar-refractivity contribution in [1.29, 1.82) is 0 Å². The van der Waals surface area contributed by atoms with Gasteiger partial charge >= 0.3 is 0 Å². The summed E-state index contributed by atoms with van der Waals surface area (Å²) in [4.78, 5) is 2.47. The monoisotopic (exact) mass is 212 g/mol. The Morgan fingerprint density at radius 2 is 2.00 bits per heavy atom. The zero-order chi connectivity index (χ0) is 10.9. The molecule has 0 radical (unpaired) electrons. The van der Waals surface area contributed by atoms with Crippen LogP contribution in [0.3, 0.4) is 0 Å². The first-order valence-electron chi connectivity index (χ1n) is 6.27. The predicted molar refractivity (Wildman–Crippen MR) is 61.9 cm³/mol. The van der Waals surface area contributed by atoms with E-state index in [0.29, 0.717) is 11.5 Å². The highest BCUT2D eigenvalue weighted by Gasteiger charge is 2.35. The van der Waals surface area contributed by atoms with Crippen molar-refractivity contribution in [3.63, 3.8) is 0 Å². The molecule has 2 fully saturated rings. The highest BCUT2D eigenvalue weighted by molar-refractivity contribution is 4.92. The molecule has 0 spiro atoms. The van der Waals surface area contributed by atoms with Gasteiger partial charge in [0.2, 0.25) is 0 Å². The maximum Gasteiger partial charge on any atom is 0.0831 e.